The molecule has 1 heterocycles. The minimum Gasteiger partial charge on any atom is -0.454 e. The second kappa shape index (κ2) is 6.64. The van der Waals surface area contributed by atoms with E-state index in [4.69, 9.17) is 9.47 Å². The summed E-state index contributed by atoms with van der Waals surface area (Å²) < 4.78 is 11.0. The number of para-hydroxylation sites is 1. The summed E-state index contributed by atoms with van der Waals surface area (Å²) in [6, 6.07) is 17.0. The van der Waals surface area contributed by atoms with E-state index in [0.717, 1.165) is 36.4 Å². The number of fused-ring (bicyclic) bond motifs is 1. The van der Waals surface area contributed by atoms with Gasteiger partial charge in [0.1, 0.15) is 0 Å². The maximum absolute atomic E-state index is 5.57. The molecule has 0 bridgehead atoms. The van der Waals surface area contributed by atoms with Gasteiger partial charge in [0.05, 0.1) is 0 Å². The van der Waals surface area contributed by atoms with E-state index in [1.807, 2.05) is 12.1 Å². The van der Waals surface area contributed by atoms with Crippen molar-refractivity contribution >= 4 is 0 Å². The van der Waals surface area contributed by atoms with Gasteiger partial charge in [-0.05, 0) is 18.1 Å². The van der Waals surface area contributed by atoms with E-state index in [-0.39, 0.29) is 0 Å². The molecule has 21 heavy (non-hydrogen) atoms. The highest BCUT2D eigenvalue weighted by Gasteiger charge is 2.18. The van der Waals surface area contributed by atoms with Crippen molar-refractivity contribution in [1.82, 2.24) is 5.32 Å². The van der Waals surface area contributed by atoms with Gasteiger partial charge in [-0.25, -0.2) is 0 Å². The molecule has 0 saturated carbocycles. The molecule has 0 radical (unpaired) electrons. The lowest BCUT2D eigenvalue weighted by atomic mass is 10.0. The smallest absolute Gasteiger partial charge is 0.231 e. The molecular weight excluding hydrogens is 262 g/mol. The van der Waals surface area contributed by atoms with Gasteiger partial charge in [-0.3, -0.25) is 0 Å². The van der Waals surface area contributed by atoms with Crippen LogP contribution in [0.2, 0.25) is 0 Å². The highest BCUT2D eigenvalue weighted by atomic mass is 16.7. The molecular formula is C18H21NO2. The van der Waals surface area contributed by atoms with E-state index >= 15 is 0 Å². The minimum atomic E-state index is 0.323. The third kappa shape index (κ3) is 3.19. The molecule has 1 N–H and O–H groups in total. The molecule has 0 amide bonds. The molecule has 110 valence electrons. The van der Waals surface area contributed by atoms with Crippen LogP contribution in [-0.4, -0.2) is 6.79 Å². The van der Waals surface area contributed by atoms with Crippen molar-refractivity contribution in [3.05, 3.63) is 59.7 Å². The summed E-state index contributed by atoms with van der Waals surface area (Å²) in [6.07, 6.45) is 2.27. The maximum Gasteiger partial charge on any atom is 0.231 e. The van der Waals surface area contributed by atoms with Crippen molar-refractivity contribution in [2.45, 2.75) is 32.4 Å². The predicted molar refractivity (Wildman–Crippen MR) is 83.5 cm³/mol. The summed E-state index contributed by atoms with van der Waals surface area (Å²) in [5.41, 5.74) is 2.49. The monoisotopic (exact) mass is 283 g/mol. The molecule has 1 aliphatic rings. The Morgan fingerprint density at radius 1 is 1.05 bits per heavy atom. The van der Waals surface area contributed by atoms with Gasteiger partial charge in [0.25, 0.3) is 0 Å². The number of rotatable bonds is 6. The number of hydrogen-bond acceptors (Lipinski definition) is 3. The summed E-state index contributed by atoms with van der Waals surface area (Å²) in [5, 5.41) is 3.65. The topological polar surface area (TPSA) is 30.5 Å². The van der Waals surface area contributed by atoms with Crippen LogP contribution in [0.1, 0.15) is 36.9 Å². The van der Waals surface area contributed by atoms with Gasteiger partial charge in [0.2, 0.25) is 6.79 Å². The molecule has 0 aliphatic carbocycles. The molecule has 0 saturated heterocycles. The van der Waals surface area contributed by atoms with Crippen molar-refractivity contribution in [3.63, 3.8) is 0 Å². The molecule has 0 fully saturated rings. The first kappa shape index (κ1) is 14.0. The van der Waals surface area contributed by atoms with Crippen LogP contribution >= 0.6 is 0 Å². The molecule has 3 heteroatoms. The van der Waals surface area contributed by atoms with E-state index in [1.54, 1.807) is 0 Å². The Morgan fingerprint density at radius 3 is 2.71 bits per heavy atom. The molecule has 3 rings (SSSR count). The van der Waals surface area contributed by atoms with Crippen LogP contribution in [-0.2, 0) is 6.54 Å². The summed E-state index contributed by atoms with van der Waals surface area (Å²) in [4.78, 5) is 0. The Balaban J connectivity index is 1.72. The number of ether oxygens (including phenoxy) is 2. The summed E-state index contributed by atoms with van der Waals surface area (Å²) in [7, 11) is 0. The SMILES string of the molecule is CCCC(NCc1cccc2c1OCO2)c1ccccc1. The second-order valence-electron chi connectivity index (χ2n) is 5.28. The summed E-state index contributed by atoms with van der Waals surface area (Å²) >= 11 is 0. The van der Waals surface area contributed by atoms with Crippen LogP contribution in [0, 0.1) is 0 Å². The van der Waals surface area contributed by atoms with Gasteiger partial charge in [0.15, 0.2) is 11.5 Å². The minimum absolute atomic E-state index is 0.323. The first-order valence-corrected chi connectivity index (χ1v) is 7.54. The Morgan fingerprint density at radius 2 is 1.90 bits per heavy atom. The van der Waals surface area contributed by atoms with E-state index < -0.39 is 0 Å². The van der Waals surface area contributed by atoms with Gasteiger partial charge < -0.3 is 14.8 Å². The van der Waals surface area contributed by atoms with Crippen LogP contribution in [0.4, 0.5) is 0 Å². The summed E-state index contributed by atoms with van der Waals surface area (Å²) in [5.74, 6) is 1.73. The first-order chi connectivity index (χ1) is 10.4. The van der Waals surface area contributed by atoms with E-state index in [2.05, 4.69) is 48.6 Å². The number of hydrogen-bond donors (Lipinski definition) is 1. The van der Waals surface area contributed by atoms with Crippen LogP contribution in [0.3, 0.4) is 0 Å². The highest BCUT2D eigenvalue weighted by Crippen LogP contribution is 2.35. The normalized spacial score (nSPS) is 14.1. The Kier molecular flexibility index (Phi) is 4.41. The Labute approximate surface area is 125 Å². The van der Waals surface area contributed by atoms with E-state index in [9.17, 15) is 0 Å². The Hall–Kier alpha value is -2.00. The van der Waals surface area contributed by atoms with Gasteiger partial charge in [0, 0.05) is 18.2 Å². The highest BCUT2D eigenvalue weighted by molar-refractivity contribution is 5.48. The molecule has 1 aliphatic heterocycles. The fourth-order valence-corrected chi connectivity index (χ4v) is 2.72. The Bertz CT molecular complexity index is 583. The van der Waals surface area contributed by atoms with Crippen molar-refractivity contribution in [2.75, 3.05) is 6.79 Å². The standard InChI is InChI=1S/C18H21NO2/c1-2-7-16(14-8-4-3-5-9-14)19-12-15-10-6-11-17-18(15)21-13-20-17/h3-6,8-11,16,19H,2,7,12-13H2,1H3. The van der Waals surface area contributed by atoms with E-state index in [0.29, 0.717) is 12.8 Å². The summed E-state index contributed by atoms with van der Waals surface area (Å²) in [6.45, 7) is 3.32. The van der Waals surface area contributed by atoms with Crippen LogP contribution in [0.25, 0.3) is 0 Å². The third-order valence-electron chi connectivity index (χ3n) is 3.80. The molecule has 1 atom stereocenters. The van der Waals surface area contributed by atoms with Crippen molar-refractivity contribution in [1.29, 1.82) is 0 Å². The zero-order chi connectivity index (χ0) is 14.5. The molecule has 1 unspecified atom stereocenters. The zero-order valence-corrected chi connectivity index (χ0v) is 12.3. The first-order valence-electron chi connectivity index (χ1n) is 7.54. The fourth-order valence-electron chi connectivity index (χ4n) is 2.72. The van der Waals surface area contributed by atoms with Crippen molar-refractivity contribution < 1.29 is 9.47 Å². The van der Waals surface area contributed by atoms with Crippen LogP contribution in [0.15, 0.2) is 48.5 Å². The number of benzene rings is 2. The van der Waals surface area contributed by atoms with Gasteiger partial charge in [-0.1, -0.05) is 55.8 Å². The lowest BCUT2D eigenvalue weighted by molar-refractivity contribution is 0.173. The van der Waals surface area contributed by atoms with E-state index in [1.165, 1.54) is 5.56 Å². The van der Waals surface area contributed by atoms with Gasteiger partial charge >= 0.3 is 0 Å². The average molecular weight is 283 g/mol. The quantitative estimate of drug-likeness (QED) is 0.867. The zero-order valence-electron chi connectivity index (χ0n) is 12.3. The van der Waals surface area contributed by atoms with Crippen LogP contribution in [0.5, 0.6) is 11.5 Å². The maximum atomic E-state index is 5.57. The molecule has 2 aromatic rings. The molecule has 0 spiro atoms. The molecule has 2 aromatic carbocycles. The molecule has 3 nitrogen and oxygen atoms in total. The largest absolute Gasteiger partial charge is 0.454 e. The van der Waals surface area contributed by atoms with Gasteiger partial charge in [-0.15, -0.1) is 0 Å². The fraction of sp³-hybridized carbons (Fsp3) is 0.333. The lowest BCUT2D eigenvalue weighted by Gasteiger charge is -2.19. The van der Waals surface area contributed by atoms with Gasteiger partial charge in [-0.2, -0.15) is 0 Å². The third-order valence-corrected chi connectivity index (χ3v) is 3.80. The second-order valence-corrected chi connectivity index (χ2v) is 5.28. The average Bonchev–Trinajstić information content (AvgIpc) is 3.01. The van der Waals surface area contributed by atoms with Crippen molar-refractivity contribution in [2.24, 2.45) is 0 Å². The predicted octanol–water partition coefficient (Wildman–Crippen LogP) is 4.05. The number of nitrogens with one attached hydrogen (secondary N) is 1. The van der Waals surface area contributed by atoms with Crippen molar-refractivity contribution in [3.8, 4) is 11.5 Å². The molecule has 0 aromatic heterocycles. The van der Waals surface area contributed by atoms with Crippen LogP contribution < -0.4 is 14.8 Å². The lowest BCUT2D eigenvalue weighted by Crippen LogP contribution is -2.21.